The Bertz CT molecular complexity index is 1500. The zero-order valence-electron chi connectivity index (χ0n) is 23.2. The van der Waals surface area contributed by atoms with Crippen LogP contribution in [0.5, 0.6) is 17.2 Å². The van der Waals surface area contributed by atoms with E-state index in [9.17, 15) is 19.8 Å². The van der Waals surface area contributed by atoms with Crippen molar-refractivity contribution in [3.05, 3.63) is 82.4 Å². The number of fused-ring (bicyclic) bond motifs is 3. The summed E-state index contributed by atoms with van der Waals surface area (Å²) in [6, 6.07) is 16.9. The Hall–Kier alpha value is -4.32. The quantitative estimate of drug-likeness (QED) is 0.164. The molecule has 3 aromatic carbocycles. The number of ether oxygens (including phenoxy) is 1. The molecule has 42 heavy (non-hydrogen) atoms. The van der Waals surface area contributed by atoms with Crippen LogP contribution in [0.2, 0.25) is 5.02 Å². The highest BCUT2D eigenvalue weighted by atomic mass is 35.5. The number of hydrazine groups is 1. The van der Waals surface area contributed by atoms with Gasteiger partial charge in [0, 0.05) is 28.4 Å². The maximum atomic E-state index is 12.7. The molecule has 1 saturated heterocycles. The second-order valence-corrected chi connectivity index (χ2v) is 10.4. The van der Waals surface area contributed by atoms with E-state index in [-0.39, 0.29) is 49.1 Å². The lowest BCUT2D eigenvalue weighted by Gasteiger charge is -2.31. The molecule has 12 heteroatoms. The molecule has 2 aliphatic rings. The van der Waals surface area contributed by atoms with Gasteiger partial charge in [-0.05, 0) is 56.3 Å². The van der Waals surface area contributed by atoms with Gasteiger partial charge in [-0.15, -0.1) is 0 Å². The van der Waals surface area contributed by atoms with Gasteiger partial charge in [-0.2, -0.15) is 0 Å². The first-order chi connectivity index (χ1) is 20.3. The zero-order chi connectivity index (χ0) is 29.8. The maximum Gasteiger partial charge on any atom is 0.255 e. The number of benzene rings is 3. The molecule has 11 nitrogen and oxygen atoms in total. The molecular weight excluding hydrogens is 560 g/mol. The summed E-state index contributed by atoms with van der Waals surface area (Å²) in [4.78, 5) is 32.5. The summed E-state index contributed by atoms with van der Waals surface area (Å²) in [5, 5.41) is 25.8. The van der Waals surface area contributed by atoms with Crippen LogP contribution in [0.1, 0.15) is 41.8 Å². The fourth-order valence-electron chi connectivity index (χ4n) is 5.15. The van der Waals surface area contributed by atoms with Crippen LogP contribution in [0.3, 0.4) is 0 Å². The SMILES string of the molecule is CCNC(=O)C[C@@H]1N=C(c2ccc(Cl)cc2)c2cc(OCCNC(=O)c3cccc(O)c3O)ccc2N2C(C)NNC12. The van der Waals surface area contributed by atoms with Crippen molar-refractivity contribution in [1.82, 2.24) is 21.5 Å². The second-order valence-electron chi connectivity index (χ2n) is 9.98. The number of carbonyl (C=O) groups excluding carboxylic acids is 2. The number of hydrogen-bond donors (Lipinski definition) is 6. The predicted octanol–water partition coefficient (Wildman–Crippen LogP) is 2.89. The number of halogens is 1. The largest absolute Gasteiger partial charge is 0.504 e. The van der Waals surface area contributed by atoms with Crippen LogP contribution >= 0.6 is 11.6 Å². The lowest BCUT2D eigenvalue weighted by molar-refractivity contribution is -0.121. The van der Waals surface area contributed by atoms with E-state index in [1.807, 2.05) is 44.2 Å². The minimum Gasteiger partial charge on any atom is -0.504 e. The van der Waals surface area contributed by atoms with Gasteiger partial charge >= 0.3 is 0 Å². The normalized spacial score (nSPS) is 19.3. The third-order valence-corrected chi connectivity index (χ3v) is 7.37. The molecule has 3 atom stereocenters. The number of phenols is 2. The van der Waals surface area contributed by atoms with Gasteiger partial charge in [-0.1, -0.05) is 29.8 Å². The Labute approximate surface area is 248 Å². The van der Waals surface area contributed by atoms with Gasteiger partial charge in [-0.3, -0.25) is 14.6 Å². The fourth-order valence-corrected chi connectivity index (χ4v) is 5.28. The van der Waals surface area contributed by atoms with Gasteiger partial charge in [0.1, 0.15) is 18.5 Å². The molecule has 0 bridgehead atoms. The summed E-state index contributed by atoms with van der Waals surface area (Å²) in [6.07, 6.45) is -0.165. The van der Waals surface area contributed by atoms with Crippen LogP contribution in [0.25, 0.3) is 0 Å². The van der Waals surface area contributed by atoms with Gasteiger partial charge in [0.2, 0.25) is 5.91 Å². The molecule has 2 amide bonds. The third-order valence-electron chi connectivity index (χ3n) is 7.12. The number of anilines is 1. The Balaban J connectivity index is 1.42. The van der Waals surface area contributed by atoms with Crippen molar-refractivity contribution in [2.24, 2.45) is 4.99 Å². The van der Waals surface area contributed by atoms with Crippen molar-refractivity contribution in [3.8, 4) is 17.2 Å². The highest BCUT2D eigenvalue weighted by Crippen LogP contribution is 2.36. The van der Waals surface area contributed by atoms with Gasteiger partial charge in [0.25, 0.3) is 5.91 Å². The van der Waals surface area contributed by atoms with E-state index in [4.69, 9.17) is 21.3 Å². The lowest BCUT2D eigenvalue weighted by Crippen LogP contribution is -2.47. The molecule has 0 aromatic heterocycles. The number of rotatable bonds is 9. The Kier molecular flexibility index (Phi) is 8.81. The summed E-state index contributed by atoms with van der Waals surface area (Å²) < 4.78 is 6.00. The van der Waals surface area contributed by atoms with E-state index in [1.165, 1.54) is 18.2 Å². The van der Waals surface area contributed by atoms with Crippen molar-refractivity contribution in [3.63, 3.8) is 0 Å². The number of nitrogens with one attached hydrogen (secondary N) is 4. The van der Waals surface area contributed by atoms with Crippen LogP contribution in [0, 0.1) is 0 Å². The molecular formula is C30H33ClN6O5. The number of carbonyl (C=O) groups is 2. The molecule has 3 aromatic rings. The average molecular weight is 593 g/mol. The minimum atomic E-state index is -0.529. The van der Waals surface area contributed by atoms with Crippen LogP contribution in [0.4, 0.5) is 5.69 Å². The van der Waals surface area contributed by atoms with E-state index in [1.54, 1.807) is 12.1 Å². The highest BCUT2D eigenvalue weighted by Gasteiger charge is 2.40. The number of nitrogens with zero attached hydrogens (tertiary/aromatic N) is 2. The number of aromatic hydroxyl groups is 2. The standard InChI is InChI=1S/C30H33ClN6O5/c1-3-32-26(39)16-23-29-36-35-17(2)37(29)24-12-11-20(15-22(24)27(34-23)18-7-9-19(31)10-8-18)42-14-13-33-30(41)21-5-4-6-25(38)28(21)40/h4-12,15,17,23,29,35-36,38,40H,3,13-14,16H2,1-2H3,(H,32,39)(H,33,41)/t17?,23-,29?/m0/s1. The summed E-state index contributed by atoms with van der Waals surface area (Å²) in [5.41, 5.74) is 9.85. The fraction of sp³-hybridized carbons (Fsp3) is 0.300. The highest BCUT2D eigenvalue weighted by molar-refractivity contribution is 6.30. The molecule has 1 fully saturated rings. The predicted molar refractivity (Wildman–Crippen MR) is 160 cm³/mol. The van der Waals surface area contributed by atoms with Crippen molar-refractivity contribution in [2.45, 2.75) is 38.6 Å². The monoisotopic (exact) mass is 592 g/mol. The third kappa shape index (κ3) is 6.13. The van der Waals surface area contributed by atoms with Gasteiger partial charge < -0.3 is 30.5 Å². The Morgan fingerprint density at radius 3 is 2.62 bits per heavy atom. The summed E-state index contributed by atoms with van der Waals surface area (Å²) >= 11 is 6.19. The molecule has 2 aliphatic heterocycles. The molecule has 0 aliphatic carbocycles. The first kappa shape index (κ1) is 29.2. The van der Waals surface area contributed by atoms with Gasteiger partial charge in [-0.25, -0.2) is 10.9 Å². The number of hydrogen-bond acceptors (Lipinski definition) is 9. The maximum absolute atomic E-state index is 12.7. The minimum absolute atomic E-state index is 0.0254. The molecule has 0 spiro atoms. The summed E-state index contributed by atoms with van der Waals surface area (Å²) in [7, 11) is 0. The van der Waals surface area contributed by atoms with Crippen LogP contribution < -0.4 is 31.1 Å². The molecule has 5 rings (SSSR count). The molecule has 0 radical (unpaired) electrons. The Morgan fingerprint density at radius 1 is 1.07 bits per heavy atom. The van der Waals surface area contributed by atoms with E-state index in [0.717, 1.165) is 16.8 Å². The average Bonchev–Trinajstić information content (AvgIpc) is 3.30. The smallest absolute Gasteiger partial charge is 0.255 e. The van der Waals surface area contributed by atoms with Crippen molar-refractivity contribution >= 4 is 34.8 Å². The summed E-state index contributed by atoms with van der Waals surface area (Å²) in [6.45, 7) is 4.77. The van der Waals surface area contributed by atoms with Crippen molar-refractivity contribution in [2.75, 3.05) is 24.6 Å². The number of para-hydroxylation sites is 1. The van der Waals surface area contributed by atoms with E-state index in [2.05, 4.69) is 26.4 Å². The molecule has 0 saturated carbocycles. The van der Waals surface area contributed by atoms with Crippen LogP contribution in [0.15, 0.2) is 65.7 Å². The Morgan fingerprint density at radius 2 is 1.86 bits per heavy atom. The van der Waals surface area contributed by atoms with Crippen molar-refractivity contribution in [1.29, 1.82) is 0 Å². The first-order valence-electron chi connectivity index (χ1n) is 13.7. The number of amides is 2. The zero-order valence-corrected chi connectivity index (χ0v) is 24.0. The van der Waals surface area contributed by atoms with Gasteiger partial charge in [0.15, 0.2) is 11.5 Å². The van der Waals surface area contributed by atoms with Gasteiger partial charge in [0.05, 0.1) is 36.4 Å². The molecule has 2 heterocycles. The molecule has 220 valence electrons. The second kappa shape index (κ2) is 12.7. The van der Waals surface area contributed by atoms with Crippen molar-refractivity contribution < 1.29 is 24.5 Å². The first-order valence-corrected chi connectivity index (χ1v) is 14.1. The number of phenolic OH excluding ortho intramolecular Hbond substituents is 2. The van der Waals surface area contributed by atoms with E-state index < -0.39 is 17.7 Å². The van der Waals surface area contributed by atoms with E-state index in [0.29, 0.717) is 23.0 Å². The lowest BCUT2D eigenvalue weighted by atomic mass is 9.99. The molecule has 2 unspecified atom stereocenters. The number of aliphatic imine (C=N–C) groups is 1. The van der Waals surface area contributed by atoms with E-state index >= 15 is 0 Å². The topological polar surface area (TPSA) is 148 Å². The van der Waals surface area contributed by atoms with Crippen LogP contribution in [-0.4, -0.2) is 65.8 Å². The molecule has 6 N–H and O–H groups in total. The van der Waals surface area contributed by atoms with Crippen LogP contribution in [-0.2, 0) is 4.79 Å². The summed E-state index contributed by atoms with van der Waals surface area (Å²) in [5.74, 6) is -0.886.